The Morgan fingerprint density at radius 3 is 2.88 bits per heavy atom. The second-order valence-electron chi connectivity index (χ2n) is 5.05. The molecule has 1 aliphatic rings. The van der Waals surface area contributed by atoms with Gasteiger partial charge < -0.3 is 4.74 Å². The largest absolute Gasteiger partial charge is 0.496 e. The van der Waals surface area contributed by atoms with Crippen molar-refractivity contribution in [3.63, 3.8) is 0 Å². The van der Waals surface area contributed by atoms with Gasteiger partial charge >= 0.3 is 0 Å². The van der Waals surface area contributed by atoms with Crippen molar-refractivity contribution in [2.45, 2.75) is 19.3 Å². The van der Waals surface area contributed by atoms with Crippen molar-refractivity contribution in [2.24, 2.45) is 0 Å². The summed E-state index contributed by atoms with van der Waals surface area (Å²) in [6.07, 6.45) is 2.48. The van der Waals surface area contributed by atoms with Crippen LogP contribution >= 0.6 is 34.7 Å². The maximum absolute atomic E-state index is 12.7. The third kappa shape index (κ3) is 3.24. The molecule has 1 atom stereocenters. The number of allylic oxidation sites excluding steroid dienone is 1. The molecule has 1 saturated heterocycles. The number of halogens is 1. The first-order valence-electron chi connectivity index (χ1n) is 7.21. The Bertz CT molecular complexity index is 848. The molecule has 1 fully saturated rings. The number of nitrogens with one attached hydrogen (secondary N) is 1. The van der Waals surface area contributed by atoms with E-state index in [1.807, 2.05) is 6.92 Å². The zero-order valence-electron chi connectivity index (χ0n) is 13.0. The van der Waals surface area contributed by atoms with Gasteiger partial charge in [-0.15, -0.1) is 21.5 Å². The molecule has 5 nitrogen and oxygen atoms in total. The highest BCUT2D eigenvalue weighted by Gasteiger charge is 2.39. The number of benzene rings is 1. The number of Topliss-reactive ketones (excluding diaryl/α,β-unsaturated/α-hetero) is 1. The Hall–Kier alpha value is -1.70. The predicted molar refractivity (Wildman–Crippen MR) is 98.3 cm³/mol. The van der Waals surface area contributed by atoms with Crippen molar-refractivity contribution in [1.82, 2.24) is 10.2 Å². The number of hydrogen-bond donors (Lipinski definition) is 1. The highest BCUT2D eigenvalue weighted by atomic mass is 35.5. The van der Waals surface area contributed by atoms with E-state index in [9.17, 15) is 4.79 Å². The van der Waals surface area contributed by atoms with E-state index in [2.05, 4.69) is 10.2 Å². The minimum Gasteiger partial charge on any atom is -0.496 e. The van der Waals surface area contributed by atoms with Crippen LogP contribution < -0.4 is 4.74 Å². The fourth-order valence-corrected chi connectivity index (χ4v) is 4.42. The molecule has 3 rings (SSSR count). The van der Waals surface area contributed by atoms with Gasteiger partial charge in [-0.25, -0.2) is 0 Å². The van der Waals surface area contributed by atoms with Gasteiger partial charge in [-0.1, -0.05) is 30.3 Å². The van der Waals surface area contributed by atoms with Crippen LogP contribution in [0.5, 0.6) is 5.75 Å². The van der Waals surface area contributed by atoms with Crippen LogP contribution in [0, 0.1) is 5.41 Å². The number of carbonyl (C=O) groups excluding carboxylic acids is 1. The quantitative estimate of drug-likeness (QED) is 0.806. The molecule has 8 heteroatoms. The van der Waals surface area contributed by atoms with Crippen molar-refractivity contribution in [3.8, 4) is 5.75 Å². The number of carbonyl (C=O) groups is 1. The van der Waals surface area contributed by atoms with Gasteiger partial charge in [0.1, 0.15) is 21.7 Å². The SMILES string of the molecule is CCc1nnc(C2C(=N)SC(=Cc3cc(Cl)ccc3OC)C2=O)s1. The Labute approximate surface area is 152 Å². The molecule has 0 bridgehead atoms. The van der Waals surface area contributed by atoms with Crippen molar-refractivity contribution in [2.75, 3.05) is 7.11 Å². The van der Waals surface area contributed by atoms with Gasteiger partial charge in [0.15, 0.2) is 5.78 Å². The van der Waals surface area contributed by atoms with E-state index in [1.165, 1.54) is 11.3 Å². The molecule has 0 amide bonds. The van der Waals surface area contributed by atoms with Gasteiger partial charge in [-0.3, -0.25) is 10.2 Å². The Morgan fingerprint density at radius 2 is 2.21 bits per heavy atom. The van der Waals surface area contributed by atoms with Crippen LogP contribution in [0.4, 0.5) is 0 Å². The van der Waals surface area contributed by atoms with E-state index < -0.39 is 5.92 Å². The van der Waals surface area contributed by atoms with Crippen molar-refractivity contribution in [1.29, 1.82) is 5.41 Å². The molecule has 24 heavy (non-hydrogen) atoms. The second kappa shape index (κ2) is 7.04. The first-order chi connectivity index (χ1) is 11.5. The average Bonchev–Trinajstić information content (AvgIpc) is 3.12. The lowest BCUT2D eigenvalue weighted by molar-refractivity contribution is -0.114. The molecular weight excluding hydrogens is 366 g/mol. The minimum absolute atomic E-state index is 0.133. The normalized spacial score (nSPS) is 19.3. The molecular formula is C16H14ClN3O2S2. The summed E-state index contributed by atoms with van der Waals surface area (Å²) >= 11 is 8.57. The maximum atomic E-state index is 12.7. The zero-order valence-corrected chi connectivity index (χ0v) is 15.4. The second-order valence-corrected chi connectivity index (χ2v) is 7.66. The van der Waals surface area contributed by atoms with Crippen LogP contribution in [-0.4, -0.2) is 28.1 Å². The number of aromatic nitrogens is 2. The summed E-state index contributed by atoms with van der Waals surface area (Å²) in [5.74, 6) is -0.158. The molecule has 124 valence electrons. The highest BCUT2D eigenvalue weighted by molar-refractivity contribution is 8.19. The number of ketones is 1. The molecule has 0 spiro atoms. The Morgan fingerprint density at radius 1 is 1.42 bits per heavy atom. The third-order valence-corrected chi connectivity index (χ3v) is 5.86. The summed E-state index contributed by atoms with van der Waals surface area (Å²) in [6, 6.07) is 5.21. The van der Waals surface area contributed by atoms with Crippen LogP contribution in [0.15, 0.2) is 23.1 Å². The number of hydrogen-bond acceptors (Lipinski definition) is 7. The zero-order chi connectivity index (χ0) is 17.3. The number of methoxy groups -OCH3 is 1. The van der Waals surface area contributed by atoms with E-state index >= 15 is 0 Å². The highest BCUT2D eigenvalue weighted by Crippen LogP contribution is 2.42. The van der Waals surface area contributed by atoms with E-state index in [1.54, 1.807) is 31.4 Å². The lowest BCUT2D eigenvalue weighted by atomic mass is 10.0. The minimum atomic E-state index is -0.649. The van der Waals surface area contributed by atoms with Gasteiger partial charge in [0.05, 0.1) is 17.1 Å². The average molecular weight is 380 g/mol. The summed E-state index contributed by atoms with van der Waals surface area (Å²) in [5.41, 5.74) is 0.709. The summed E-state index contributed by atoms with van der Waals surface area (Å²) in [5, 5.41) is 18.6. The van der Waals surface area contributed by atoms with Crippen LogP contribution in [0.25, 0.3) is 6.08 Å². The number of ether oxygens (including phenoxy) is 1. The molecule has 0 saturated carbocycles. The molecule has 0 aliphatic carbocycles. The number of rotatable bonds is 4. The maximum Gasteiger partial charge on any atom is 0.186 e. The summed E-state index contributed by atoms with van der Waals surface area (Å²) < 4.78 is 5.30. The van der Waals surface area contributed by atoms with Gasteiger partial charge in [-0.05, 0) is 30.7 Å². The predicted octanol–water partition coefficient (Wildman–Crippen LogP) is 4.18. The Balaban J connectivity index is 1.95. The lowest BCUT2D eigenvalue weighted by Crippen LogP contribution is -2.11. The Kier molecular flexibility index (Phi) is 5.03. The van der Waals surface area contributed by atoms with Gasteiger partial charge in [0, 0.05) is 10.6 Å². The molecule has 1 unspecified atom stereocenters. The molecule has 1 aromatic heterocycles. The molecule has 1 aromatic carbocycles. The van der Waals surface area contributed by atoms with Gasteiger partial charge in [0.2, 0.25) is 0 Å². The van der Waals surface area contributed by atoms with E-state index in [4.69, 9.17) is 21.7 Å². The smallest absolute Gasteiger partial charge is 0.186 e. The van der Waals surface area contributed by atoms with E-state index in [0.717, 1.165) is 23.2 Å². The fraction of sp³-hybridized carbons (Fsp3) is 0.250. The van der Waals surface area contributed by atoms with Crippen LogP contribution in [0.1, 0.15) is 28.4 Å². The first-order valence-corrected chi connectivity index (χ1v) is 9.22. The van der Waals surface area contributed by atoms with E-state index in [0.29, 0.717) is 26.2 Å². The van der Waals surface area contributed by atoms with Gasteiger partial charge in [-0.2, -0.15) is 0 Å². The van der Waals surface area contributed by atoms with E-state index in [-0.39, 0.29) is 10.8 Å². The molecule has 1 N–H and O–H groups in total. The summed E-state index contributed by atoms with van der Waals surface area (Å²) in [4.78, 5) is 13.2. The number of aryl methyl sites for hydroxylation is 1. The molecule has 0 radical (unpaired) electrons. The third-order valence-electron chi connectivity index (χ3n) is 3.50. The first kappa shape index (κ1) is 17.1. The van der Waals surface area contributed by atoms with Gasteiger partial charge in [0.25, 0.3) is 0 Å². The molecule has 2 heterocycles. The number of nitrogens with zero attached hydrogens (tertiary/aromatic N) is 2. The molecule has 2 aromatic rings. The van der Waals surface area contributed by atoms with Crippen molar-refractivity contribution < 1.29 is 9.53 Å². The van der Waals surface area contributed by atoms with Crippen LogP contribution in [0.2, 0.25) is 5.02 Å². The standard InChI is InChI=1S/C16H14ClN3O2S2/c1-3-12-19-20-16(24-12)13-14(21)11(23-15(13)18)7-8-6-9(17)4-5-10(8)22-2/h4-7,13,18H,3H2,1-2H3. The lowest BCUT2D eigenvalue weighted by Gasteiger charge is -2.05. The summed E-state index contributed by atoms with van der Waals surface area (Å²) in [7, 11) is 1.56. The van der Waals surface area contributed by atoms with Crippen LogP contribution in [-0.2, 0) is 11.2 Å². The van der Waals surface area contributed by atoms with Crippen molar-refractivity contribution in [3.05, 3.63) is 43.7 Å². The topological polar surface area (TPSA) is 75.9 Å². The summed E-state index contributed by atoms with van der Waals surface area (Å²) in [6.45, 7) is 1.98. The fourth-order valence-electron chi connectivity index (χ4n) is 2.30. The van der Waals surface area contributed by atoms with Crippen LogP contribution in [0.3, 0.4) is 0 Å². The monoisotopic (exact) mass is 379 g/mol. The number of thioether (sulfide) groups is 1. The van der Waals surface area contributed by atoms with Crippen molar-refractivity contribution >= 4 is 51.6 Å². The molecule has 1 aliphatic heterocycles.